The van der Waals surface area contributed by atoms with E-state index < -0.39 is 0 Å². The molecule has 0 amide bonds. The van der Waals surface area contributed by atoms with Crippen LogP contribution in [0.25, 0.3) is 5.65 Å². The molecule has 0 aliphatic carbocycles. The number of nitriles is 1. The van der Waals surface area contributed by atoms with Crippen LogP contribution in [0.5, 0.6) is 0 Å². The Bertz CT molecular complexity index is 938. The summed E-state index contributed by atoms with van der Waals surface area (Å²) in [6.07, 6.45) is 0. The minimum absolute atomic E-state index is 0.0263. The Kier molecular flexibility index (Phi) is 3.28. The standard InChI is InChI=1S/C12H8ClN9/c13-6-3-1-2-4-7(6)17-19-9-10(15)21-22-11(16)8(5-14)18-20-12(9)22/h1-4H,16H2,(H2,15,21). The quantitative estimate of drug-likeness (QED) is 0.694. The Morgan fingerprint density at radius 1 is 1.18 bits per heavy atom. The number of azo groups is 1. The van der Waals surface area contributed by atoms with Gasteiger partial charge >= 0.3 is 0 Å². The van der Waals surface area contributed by atoms with Crippen molar-refractivity contribution in [1.82, 2.24) is 19.8 Å². The van der Waals surface area contributed by atoms with Crippen LogP contribution in [0.3, 0.4) is 0 Å². The lowest BCUT2D eigenvalue weighted by molar-refractivity contribution is 0.894. The highest BCUT2D eigenvalue weighted by Gasteiger charge is 2.16. The maximum absolute atomic E-state index is 8.88. The minimum atomic E-state index is -0.0513. The van der Waals surface area contributed by atoms with Crippen molar-refractivity contribution >= 4 is 40.3 Å². The normalized spacial score (nSPS) is 11.1. The molecule has 22 heavy (non-hydrogen) atoms. The third kappa shape index (κ3) is 2.17. The number of hydrogen-bond acceptors (Lipinski definition) is 8. The van der Waals surface area contributed by atoms with E-state index in [1.165, 1.54) is 4.52 Å². The van der Waals surface area contributed by atoms with Gasteiger partial charge in [0.1, 0.15) is 11.8 Å². The zero-order valence-corrected chi connectivity index (χ0v) is 11.7. The summed E-state index contributed by atoms with van der Waals surface area (Å²) in [5.41, 5.74) is 12.4. The molecule has 0 bridgehead atoms. The smallest absolute Gasteiger partial charge is 0.209 e. The fourth-order valence-corrected chi connectivity index (χ4v) is 1.91. The Morgan fingerprint density at radius 2 is 1.95 bits per heavy atom. The summed E-state index contributed by atoms with van der Waals surface area (Å²) in [5, 5.41) is 28.9. The van der Waals surface area contributed by atoms with Crippen LogP contribution in [0.15, 0.2) is 34.5 Å². The van der Waals surface area contributed by atoms with Crippen molar-refractivity contribution in [2.75, 3.05) is 11.5 Å². The zero-order chi connectivity index (χ0) is 15.7. The van der Waals surface area contributed by atoms with Gasteiger partial charge in [-0.05, 0) is 12.1 Å². The lowest BCUT2D eigenvalue weighted by Crippen LogP contribution is -2.05. The first-order chi connectivity index (χ1) is 10.6. The molecule has 0 saturated carbocycles. The molecule has 3 rings (SSSR count). The molecular formula is C12H8ClN9. The molecule has 10 heteroatoms. The molecule has 3 aromatic rings. The SMILES string of the molecule is N#Cc1nnc2c(N=Nc3ccccc3Cl)c(N)nn2c1N. The second-order valence-corrected chi connectivity index (χ2v) is 4.57. The van der Waals surface area contributed by atoms with E-state index in [0.29, 0.717) is 10.7 Å². The lowest BCUT2D eigenvalue weighted by Gasteiger charge is -1.98. The second-order valence-electron chi connectivity index (χ2n) is 4.17. The van der Waals surface area contributed by atoms with Gasteiger partial charge in [-0.15, -0.1) is 25.5 Å². The van der Waals surface area contributed by atoms with E-state index in [0.717, 1.165) is 0 Å². The molecule has 1 aromatic carbocycles. The third-order valence-electron chi connectivity index (χ3n) is 2.79. The van der Waals surface area contributed by atoms with Crippen molar-refractivity contribution in [2.24, 2.45) is 10.2 Å². The largest absolute Gasteiger partial charge is 0.381 e. The molecular weight excluding hydrogens is 306 g/mol. The molecule has 0 spiro atoms. The number of halogens is 1. The number of fused-ring (bicyclic) bond motifs is 1. The van der Waals surface area contributed by atoms with Crippen molar-refractivity contribution in [3.05, 3.63) is 35.0 Å². The van der Waals surface area contributed by atoms with Crippen LogP contribution in [-0.2, 0) is 0 Å². The molecule has 108 valence electrons. The van der Waals surface area contributed by atoms with Crippen LogP contribution < -0.4 is 11.5 Å². The minimum Gasteiger partial charge on any atom is -0.381 e. The number of hydrogen-bond donors (Lipinski definition) is 2. The fourth-order valence-electron chi connectivity index (χ4n) is 1.74. The highest BCUT2D eigenvalue weighted by Crippen LogP contribution is 2.31. The molecule has 2 heterocycles. The van der Waals surface area contributed by atoms with E-state index in [1.54, 1.807) is 24.3 Å². The van der Waals surface area contributed by atoms with Gasteiger partial charge in [0.15, 0.2) is 17.3 Å². The molecule has 0 radical (unpaired) electrons. The van der Waals surface area contributed by atoms with Crippen molar-refractivity contribution < 1.29 is 0 Å². The van der Waals surface area contributed by atoms with Crippen LogP contribution in [0, 0.1) is 11.3 Å². The molecule has 0 saturated heterocycles. The lowest BCUT2D eigenvalue weighted by atomic mass is 10.3. The Balaban J connectivity index is 2.13. The van der Waals surface area contributed by atoms with Gasteiger partial charge in [0.05, 0.1) is 5.02 Å². The number of benzene rings is 1. The van der Waals surface area contributed by atoms with Gasteiger partial charge in [0.2, 0.25) is 11.3 Å². The third-order valence-corrected chi connectivity index (χ3v) is 3.11. The highest BCUT2D eigenvalue weighted by atomic mass is 35.5. The van der Waals surface area contributed by atoms with Gasteiger partial charge in [0, 0.05) is 0 Å². The van der Waals surface area contributed by atoms with E-state index in [4.69, 9.17) is 28.3 Å². The Hall–Kier alpha value is -3.25. The molecule has 4 N–H and O–H groups in total. The van der Waals surface area contributed by atoms with Crippen LogP contribution in [0.1, 0.15) is 5.69 Å². The van der Waals surface area contributed by atoms with Crippen molar-refractivity contribution in [2.45, 2.75) is 0 Å². The van der Waals surface area contributed by atoms with E-state index in [2.05, 4.69) is 25.5 Å². The number of rotatable bonds is 2. The molecule has 0 aliphatic rings. The average molecular weight is 314 g/mol. The first-order valence-electron chi connectivity index (χ1n) is 5.98. The summed E-state index contributed by atoms with van der Waals surface area (Å²) < 4.78 is 1.20. The number of aromatic nitrogens is 4. The summed E-state index contributed by atoms with van der Waals surface area (Å²) in [4.78, 5) is 0. The van der Waals surface area contributed by atoms with Crippen LogP contribution in [-0.4, -0.2) is 19.8 Å². The van der Waals surface area contributed by atoms with Gasteiger partial charge < -0.3 is 11.5 Å². The van der Waals surface area contributed by atoms with Gasteiger partial charge in [-0.2, -0.15) is 9.78 Å². The summed E-state index contributed by atoms with van der Waals surface area (Å²) in [6, 6.07) is 8.75. The van der Waals surface area contributed by atoms with Crippen molar-refractivity contribution in [1.29, 1.82) is 5.26 Å². The second kappa shape index (κ2) is 5.27. The van der Waals surface area contributed by atoms with Crippen LogP contribution >= 0.6 is 11.6 Å². The first kappa shape index (κ1) is 13.7. The predicted molar refractivity (Wildman–Crippen MR) is 79.9 cm³/mol. The van der Waals surface area contributed by atoms with E-state index in [9.17, 15) is 0 Å². The maximum Gasteiger partial charge on any atom is 0.209 e. The van der Waals surface area contributed by atoms with Crippen molar-refractivity contribution in [3.63, 3.8) is 0 Å². The molecule has 0 aliphatic heterocycles. The number of nitrogens with two attached hydrogens (primary N) is 2. The first-order valence-corrected chi connectivity index (χ1v) is 6.36. The number of anilines is 2. The van der Waals surface area contributed by atoms with E-state index in [1.807, 2.05) is 6.07 Å². The van der Waals surface area contributed by atoms with Crippen molar-refractivity contribution in [3.8, 4) is 6.07 Å². The Morgan fingerprint density at radius 3 is 2.68 bits per heavy atom. The predicted octanol–water partition coefficient (Wildman–Crippen LogP) is 2.23. The van der Waals surface area contributed by atoms with E-state index >= 15 is 0 Å². The van der Waals surface area contributed by atoms with E-state index in [-0.39, 0.29) is 28.7 Å². The fraction of sp³-hybridized carbons (Fsp3) is 0. The summed E-state index contributed by atoms with van der Waals surface area (Å²) in [5.74, 6) is 0.0882. The van der Waals surface area contributed by atoms with Crippen LogP contribution in [0.4, 0.5) is 23.0 Å². The molecule has 0 fully saturated rings. The van der Waals surface area contributed by atoms with Crippen LogP contribution in [0.2, 0.25) is 5.02 Å². The molecule has 9 nitrogen and oxygen atoms in total. The van der Waals surface area contributed by atoms with Gasteiger partial charge in [0.25, 0.3) is 0 Å². The van der Waals surface area contributed by atoms with Gasteiger partial charge in [-0.25, -0.2) is 0 Å². The number of nitrogen functional groups attached to an aromatic ring is 2. The monoisotopic (exact) mass is 313 g/mol. The summed E-state index contributed by atoms with van der Waals surface area (Å²) in [7, 11) is 0. The van der Waals surface area contributed by atoms with Gasteiger partial charge in [-0.3, -0.25) is 0 Å². The average Bonchev–Trinajstić information content (AvgIpc) is 2.84. The summed E-state index contributed by atoms with van der Waals surface area (Å²) in [6.45, 7) is 0. The maximum atomic E-state index is 8.88. The molecule has 2 aromatic heterocycles. The van der Waals surface area contributed by atoms with Gasteiger partial charge in [-0.1, -0.05) is 23.7 Å². The molecule has 0 unspecified atom stereocenters. The number of nitrogens with zero attached hydrogens (tertiary/aromatic N) is 7. The highest BCUT2D eigenvalue weighted by molar-refractivity contribution is 6.32. The Labute approximate surface area is 128 Å². The summed E-state index contributed by atoms with van der Waals surface area (Å²) >= 11 is 6.00. The molecule has 0 atom stereocenters. The topological polar surface area (TPSA) is 144 Å². The zero-order valence-electron chi connectivity index (χ0n) is 11.0.